The number of amides is 3. The third-order valence-corrected chi connectivity index (χ3v) is 2.18. The third-order valence-electron chi connectivity index (χ3n) is 2.18. The van der Waals surface area contributed by atoms with Gasteiger partial charge in [-0.05, 0) is 5.26 Å². The van der Waals surface area contributed by atoms with Gasteiger partial charge in [-0.25, -0.2) is 15.1 Å². The van der Waals surface area contributed by atoms with Crippen LogP contribution >= 0.6 is 0 Å². The van der Waals surface area contributed by atoms with Crippen LogP contribution in [-0.2, 0) is 14.9 Å². The SMILES string of the molecule is CN1C(=O)NC(=O)C2(O[O])NC(O)N=C12. The monoisotopic (exact) mass is 215 g/mol. The highest BCUT2D eigenvalue weighted by Crippen LogP contribution is 2.22. The molecule has 1 saturated heterocycles. The largest absolute Gasteiger partial charge is 0.359 e. The molecular formula is C6H7N4O5. The molecular weight excluding hydrogens is 208 g/mol. The number of likely N-dealkylation sites (N-methyl/N-ethyl adjacent to an activating group) is 1. The van der Waals surface area contributed by atoms with Gasteiger partial charge in [0.05, 0.1) is 0 Å². The Labute approximate surface area is 83.3 Å². The molecule has 2 heterocycles. The minimum absolute atomic E-state index is 0.265. The predicted molar refractivity (Wildman–Crippen MR) is 42.4 cm³/mol. The van der Waals surface area contributed by atoms with Crippen LogP contribution in [0.5, 0.6) is 0 Å². The standard InChI is InChI=1S/C6H7N4O5/c1-10-2-6(15-14,9-4(12)7-2)3(11)8-5(10)13/h4,9,12H,1H3,(H,8,11,13). The maximum atomic E-state index is 11.4. The average molecular weight is 215 g/mol. The average Bonchev–Trinajstić information content (AvgIpc) is 2.54. The van der Waals surface area contributed by atoms with E-state index < -0.39 is 24.0 Å². The van der Waals surface area contributed by atoms with Crippen LogP contribution < -0.4 is 10.6 Å². The second-order valence-electron chi connectivity index (χ2n) is 3.05. The third kappa shape index (κ3) is 1.15. The van der Waals surface area contributed by atoms with Crippen LogP contribution in [0, 0.1) is 0 Å². The molecule has 0 bridgehead atoms. The van der Waals surface area contributed by atoms with E-state index in [1.165, 1.54) is 7.05 Å². The van der Waals surface area contributed by atoms with Gasteiger partial charge in [-0.1, -0.05) is 0 Å². The van der Waals surface area contributed by atoms with Gasteiger partial charge in [0.2, 0.25) is 6.35 Å². The quantitative estimate of drug-likeness (QED) is 0.329. The van der Waals surface area contributed by atoms with E-state index in [2.05, 4.69) is 15.2 Å². The molecule has 2 rings (SSSR count). The first-order chi connectivity index (χ1) is 7.01. The molecule has 3 N–H and O–H groups in total. The lowest BCUT2D eigenvalue weighted by atomic mass is 10.1. The number of hydrogen-bond donors (Lipinski definition) is 3. The summed E-state index contributed by atoms with van der Waals surface area (Å²) in [6.07, 6.45) is -1.46. The van der Waals surface area contributed by atoms with E-state index in [0.717, 1.165) is 4.90 Å². The van der Waals surface area contributed by atoms with E-state index in [4.69, 9.17) is 5.11 Å². The number of rotatable bonds is 1. The van der Waals surface area contributed by atoms with E-state index in [0.29, 0.717) is 0 Å². The Morgan fingerprint density at radius 3 is 2.87 bits per heavy atom. The summed E-state index contributed by atoms with van der Waals surface area (Å²) < 4.78 is 0. The lowest BCUT2D eigenvalue weighted by Gasteiger charge is -2.33. The second-order valence-corrected chi connectivity index (χ2v) is 3.05. The molecule has 3 amide bonds. The van der Waals surface area contributed by atoms with Crippen molar-refractivity contribution < 1.29 is 24.8 Å². The minimum atomic E-state index is -2.14. The topological polar surface area (TPSA) is 123 Å². The van der Waals surface area contributed by atoms with Crippen LogP contribution in [-0.4, -0.2) is 46.9 Å². The summed E-state index contributed by atoms with van der Waals surface area (Å²) in [6, 6.07) is -0.748. The van der Waals surface area contributed by atoms with Gasteiger partial charge in [-0.2, -0.15) is 4.89 Å². The molecule has 0 saturated carbocycles. The number of urea groups is 1. The molecule has 0 aromatic carbocycles. The van der Waals surface area contributed by atoms with Gasteiger partial charge >= 0.3 is 6.03 Å². The van der Waals surface area contributed by atoms with Crippen molar-refractivity contribution in [3.8, 4) is 0 Å². The molecule has 1 fully saturated rings. The highest BCUT2D eigenvalue weighted by atomic mass is 17.1. The number of nitrogens with zero attached hydrogens (tertiary/aromatic N) is 2. The summed E-state index contributed by atoms with van der Waals surface area (Å²) in [5, 5.41) is 23.7. The number of hydrogen-bond acceptors (Lipinski definition) is 6. The number of nitrogens with one attached hydrogen (secondary N) is 2. The van der Waals surface area contributed by atoms with Crippen molar-refractivity contribution in [3.05, 3.63) is 0 Å². The number of carbonyl (C=O) groups excluding carboxylic acids is 2. The molecule has 2 aliphatic rings. The van der Waals surface area contributed by atoms with Gasteiger partial charge in [-0.3, -0.25) is 15.0 Å². The Kier molecular flexibility index (Phi) is 1.98. The number of fused-ring (bicyclic) bond motifs is 1. The summed E-state index contributed by atoms with van der Waals surface area (Å²) in [7, 11) is 1.29. The van der Waals surface area contributed by atoms with Crippen molar-refractivity contribution >= 4 is 17.8 Å². The minimum Gasteiger partial charge on any atom is -0.359 e. The molecule has 9 nitrogen and oxygen atoms in total. The fourth-order valence-corrected chi connectivity index (χ4v) is 1.44. The number of imide groups is 1. The van der Waals surface area contributed by atoms with E-state index in [1.807, 2.05) is 5.32 Å². The normalized spacial score (nSPS) is 35.0. The van der Waals surface area contributed by atoms with Gasteiger partial charge < -0.3 is 5.11 Å². The zero-order chi connectivity index (χ0) is 11.2. The highest BCUT2D eigenvalue weighted by Gasteiger charge is 2.58. The van der Waals surface area contributed by atoms with E-state index >= 15 is 0 Å². The van der Waals surface area contributed by atoms with Gasteiger partial charge in [0, 0.05) is 7.05 Å². The number of aliphatic hydroxyl groups is 1. The van der Waals surface area contributed by atoms with Crippen molar-refractivity contribution in [1.82, 2.24) is 15.5 Å². The fourth-order valence-electron chi connectivity index (χ4n) is 1.44. The molecule has 2 aliphatic heterocycles. The molecule has 0 aromatic heterocycles. The Hall–Kier alpha value is -1.55. The van der Waals surface area contributed by atoms with Crippen molar-refractivity contribution in [2.75, 3.05) is 7.05 Å². The molecule has 2 atom stereocenters. The molecule has 0 aromatic rings. The van der Waals surface area contributed by atoms with Crippen molar-refractivity contribution in [2.24, 2.45) is 4.99 Å². The van der Waals surface area contributed by atoms with Gasteiger partial charge in [-0.15, -0.1) is 0 Å². The van der Waals surface area contributed by atoms with Crippen LogP contribution in [0.4, 0.5) is 4.79 Å². The lowest BCUT2D eigenvalue weighted by molar-refractivity contribution is -0.353. The van der Waals surface area contributed by atoms with Crippen LogP contribution in [0.15, 0.2) is 4.99 Å². The number of carbonyl (C=O) groups is 2. The van der Waals surface area contributed by atoms with Gasteiger partial charge in [0.15, 0.2) is 5.84 Å². The second kappa shape index (κ2) is 2.97. The maximum absolute atomic E-state index is 11.4. The van der Waals surface area contributed by atoms with Crippen LogP contribution in [0.3, 0.4) is 0 Å². The zero-order valence-electron chi connectivity index (χ0n) is 7.55. The summed E-state index contributed by atoms with van der Waals surface area (Å²) in [5.41, 5.74) is -2.14. The summed E-state index contributed by atoms with van der Waals surface area (Å²) >= 11 is 0. The number of amidine groups is 1. The molecule has 9 heteroatoms. The maximum Gasteiger partial charge on any atom is 0.329 e. The molecule has 0 aliphatic carbocycles. The van der Waals surface area contributed by atoms with E-state index in [-0.39, 0.29) is 5.84 Å². The van der Waals surface area contributed by atoms with Gasteiger partial charge in [0.1, 0.15) is 0 Å². The molecule has 15 heavy (non-hydrogen) atoms. The number of aliphatic hydroxyl groups excluding tert-OH is 1. The summed E-state index contributed by atoms with van der Waals surface area (Å²) in [4.78, 5) is 30.7. The van der Waals surface area contributed by atoms with Crippen molar-refractivity contribution in [2.45, 2.75) is 12.1 Å². The van der Waals surface area contributed by atoms with Crippen molar-refractivity contribution in [3.63, 3.8) is 0 Å². The van der Waals surface area contributed by atoms with Gasteiger partial charge in [0.25, 0.3) is 11.6 Å². The first-order valence-electron chi connectivity index (χ1n) is 3.95. The Morgan fingerprint density at radius 1 is 1.60 bits per heavy atom. The van der Waals surface area contributed by atoms with E-state index in [1.54, 1.807) is 0 Å². The smallest absolute Gasteiger partial charge is 0.329 e. The van der Waals surface area contributed by atoms with Crippen molar-refractivity contribution in [1.29, 1.82) is 0 Å². The first-order valence-corrected chi connectivity index (χ1v) is 3.95. The highest BCUT2D eigenvalue weighted by molar-refractivity contribution is 6.23. The molecule has 2 unspecified atom stereocenters. The van der Waals surface area contributed by atoms with Crippen LogP contribution in [0.25, 0.3) is 0 Å². The Balaban J connectivity index is 2.48. The van der Waals surface area contributed by atoms with E-state index in [9.17, 15) is 14.8 Å². The van der Waals surface area contributed by atoms with Crippen LogP contribution in [0.1, 0.15) is 0 Å². The lowest BCUT2D eigenvalue weighted by Crippen LogP contribution is -2.71. The number of aliphatic imine (C=N–C) groups is 1. The first kappa shape index (κ1) is 9.98. The Bertz CT molecular complexity index is 369. The molecule has 81 valence electrons. The fraction of sp³-hybridized carbons (Fsp3) is 0.500. The molecule has 1 radical (unpaired) electrons. The Morgan fingerprint density at radius 2 is 2.27 bits per heavy atom. The zero-order valence-corrected chi connectivity index (χ0v) is 7.55. The summed E-state index contributed by atoms with van der Waals surface area (Å²) in [5.74, 6) is -1.27. The van der Waals surface area contributed by atoms with Crippen LogP contribution in [0.2, 0.25) is 0 Å². The summed E-state index contributed by atoms with van der Waals surface area (Å²) in [6.45, 7) is 0. The predicted octanol–water partition coefficient (Wildman–Crippen LogP) is -2.50. The molecule has 0 spiro atoms.